The minimum absolute atomic E-state index is 0.174. The van der Waals surface area contributed by atoms with Crippen molar-refractivity contribution in [3.05, 3.63) is 89.0 Å². The van der Waals surface area contributed by atoms with E-state index in [1.54, 1.807) is 43.0 Å². The number of aromatic nitrogens is 2. The predicted octanol–water partition coefficient (Wildman–Crippen LogP) is 3.67. The third-order valence-corrected chi connectivity index (χ3v) is 3.84. The maximum absolute atomic E-state index is 12.3. The van der Waals surface area contributed by atoms with Gasteiger partial charge in [-0.3, -0.25) is 14.8 Å². The zero-order valence-corrected chi connectivity index (χ0v) is 14.2. The van der Waals surface area contributed by atoms with Crippen LogP contribution in [0, 0.1) is 0 Å². The van der Waals surface area contributed by atoms with Crippen LogP contribution < -0.4 is 10.6 Å². The second kappa shape index (κ2) is 8.26. The van der Waals surface area contributed by atoms with Gasteiger partial charge in [-0.25, -0.2) is 0 Å². The number of carbonyl (C=O) groups is 1. The highest BCUT2D eigenvalue weighted by atomic mass is 35.5. The van der Waals surface area contributed by atoms with Crippen molar-refractivity contribution in [2.75, 3.05) is 5.32 Å². The van der Waals surface area contributed by atoms with Crippen LogP contribution in [0.4, 0.5) is 5.69 Å². The van der Waals surface area contributed by atoms with E-state index in [2.05, 4.69) is 20.6 Å². The van der Waals surface area contributed by atoms with Crippen LogP contribution in [-0.2, 0) is 13.1 Å². The molecule has 0 unspecified atom stereocenters. The molecule has 5 nitrogen and oxygen atoms in total. The minimum atomic E-state index is -0.174. The van der Waals surface area contributed by atoms with Gasteiger partial charge in [0.25, 0.3) is 5.91 Å². The van der Waals surface area contributed by atoms with E-state index in [0.717, 1.165) is 16.8 Å². The van der Waals surface area contributed by atoms with Crippen molar-refractivity contribution in [1.29, 1.82) is 0 Å². The highest BCUT2D eigenvalue weighted by molar-refractivity contribution is 6.30. The van der Waals surface area contributed by atoms with Crippen molar-refractivity contribution in [1.82, 2.24) is 15.3 Å². The molecule has 3 rings (SSSR count). The van der Waals surface area contributed by atoms with Crippen LogP contribution in [0.5, 0.6) is 0 Å². The van der Waals surface area contributed by atoms with Gasteiger partial charge in [-0.1, -0.05) is 29.8 Å². The van der Waals surface area contributed by atoms with E-state index in [-0.39, 0.29) is 5.91 Å². The van der Waals surface area contributed by atoms with E-state index >= 15 is 0 Å². The number of nitrogens with zero attached hydrogens (tertiary/aromatic N) is 2. The number of anilines is 1. The summed E-state index contributed by atoms with van der Waals surface area (Å²) in [5, 5.41) is 6.79. The number of nitrogens with one attached hydrogen (secondary N) is 2. The number of hydrogen-bond donors (Lipinski definition) is 2. The van der Waals surface area contributed by atoms with Crippen LogP contribution in [0.25, 0.3) is 0 Å². The Hall–Kier alpha value is -2.92. The molecule has 6 heteroatoms. The molecule has 0 saturated heterocycles. The molecule has 3 aromatic rings. The maximum atomic E-state index is 12.3. The first-order valence-electron chi connectivity index (χ1n) is 7.81. The number of benzene rings is 1. The molecule has 0 bridgehead atoms. The fourth-order valence-electron chi connectivity index (χ4n) is 2.25. The summed E-state index contributed by atoms with van der Waals surface area (Å²) in [6, 6.07) is 13.0. The average Bonchev–Trinajstić information content (AvgIpc) is 2.67. The molecule has 2 N–H and O–H groups in total. The van der Waals surface area contributed by atoms with Gasteiger partial charge in [0.1, 0.15) is 0 Å². The summed E-state index contributed by atoms with van der Waals surface area (Å²) in [7, 11) is 0. The molecule has 0 aliphatic heterocycles. The number of amides is 1. The predicted molar refractivity (Wildman–Crippen MR) is 98.4 cm³/mol. The van der Waals surface area contributed by atoms with E-state index in [1.807, 2.05) is 24.3 Å². The van der Waals surface area contributed by atoms with Gasteiger partial charge in [0.15, 0.2) is 0 Å². The molecule has 0 aliphatic rings. The lowest BCUT2D eigenvalue weighted by Crippen LogP contribution is -2.23. The molecule has 0 spiro atoms. The lowest BCUT2D eigenvalue weighted by molar-refractivity contribution is 0.0950. The van der Waals surface area contributed by atoms with Gasteiger partial charge in [0.2, 0.25) is 0 Å². The monoisotopic (exact) mass is 352 g/mol. The molecule has 2 heterocycles. The van der Waals surface area contributed by atoms with E-state index < -0.39 is 0 Å². The third kappa shape index (κ3) is 5.02. The first kappa shape index (κ1) is 16.9. The highest BCUT2D eigenvalue weighted by Gasteiger charge is 2.07. The summed E-state index contributed by atoms with van der Waals surface area (Å²) in [5.74, 6) is -0.174. The van der Waals surface area contributed by atoms with Gasteiger partial charge in [0, 0.05) is 42.9 Å². The Morgan fingerprint density at radius 1 is 0.960 bits per heavy atom. The summed E-state index contributed by atoms with van der Waals surface area (Å²) in [6.45, 7) is 1.05. The summed E-state index contributed by atoms with van der Waals surface area (Å²) in [5.41, 5.74) is 3.32. The molecule has 2 aromatic heterocycles. The zero-order chi connectivity index (χ0) is 17.5. The molecule has 1 aromatic carbocycles. The van der Waals surface area contributed by atoms with Crippen molar-refractivity contribution in [3.8, 4) is 0 Å². The Morgan fingerprint density at radius 3 is 2.56 bits per heavy atom. The second-order valence-electron chi connectivity index (χ2n) is 5.49. The lowest BCUT2D eigenvalue weighted by atomic mass is 10.2. The molecule has 0 saturated carbocycles. The van der Waals surface area contributed by atoms with Gasteiger partial charge in [-0.15, -0.1) is 0 Å². The highest BCUT2D eigenvalue weighted by Crippen LogP contribution is 2.12. The summed E-state index contributed by atoms with van der Waals surface area (Å²) in [4.78, 5) is 20.5. The Bertz CT molecular complexity index is 838. The van der Waals surface area contributed by atoms with Crippen LogP contribution >= 0.6 is 11.6 Å². The Kier molecular flexibility index (Phi) is 5.59. The van der Waals surface area contributed by atoms with Crippen molar-refractivity contribution in [3.63, 3.8) is 0 Å². The molecular weight excluding hydrogens is 336 g/mol. The maximum Gasteiger partial charge on any atom is 0.253 e. The molecule has 0 atom stereocenters. The average molecular weight is 353 g/mol. The van der Waals surface area contributed by atoms with E-state index in [1.165, 1.54) is 0 Å². The number of carbonyl (C=O) groups excluding carboxylic acids is 1. The van der Waals surface area contributed by atoms with Crippen LogP contribution in [0.15, 0.2) is 67.3 Å². The zero-order valence-electron chi connectivity index (χ0n) is 13.4. The Morgan fingerprint density at radius 2 is 1.80 bits per heavy atom. The van der Waals surface area contributed by atoms with Crippen molar-refractivity contribution in [2.45, 2.75) is 13.1 Å². The van der Waals surface area contributed by atoms with E-state index in [0.29, 0.717) is 23.7 Å². The Labute approximate surface area is 151 Å². The molecule has 0 radical (unpaired) electrons. The van der Waals surface area contributed by atoms with Gasteiger partial charge in [-0.2, -0.15) is 0 Å². The third-order valence-electron chi connectivity index (χ3n) is 3.59. The van der Waals surface area contributed by atoms with Crippen LogP contribution in [-0.4, -0.2) is 15.9 Å². The fourth-order valence-corrected chi connectivity index (χ4v) is 2.38. The standard InChI is InChI=1S/C19H17ClN4O/c20-17-5-3-14(4-6-17)10-24-19(25)16-8-18(13-22-12-16)23-11-15-2-1-7-21-9-15/h1-9,12-13,23H,10-11H2,(H,24,25). The fraction of sp³-hybridized carbons (Fsp3) is 0.105. The summed E-state index contributed by atoms with van der Waals surface area (Å²) >= 11 is 5.86. The largest absolute Gasteiger partial charge is 0.380 e. The first-order chi connectivity index (χ1) is 12.2. The van der Waals surface area contributed by atoms with E-state index in [9.17, 15) is 4.79 Å². The SMILES string of the molecule is O=C(NCc1ccc(Cl)cc1)c1cncc(NCc2cccnc2)c1. The second-order valence-corrected chi connectivity index (χ2v) is 5.92. The summed E-state index contributed by atoms with van der Waals surface area (Å²) < 4.78 is 0. The number of pyridine rings is 2. The number of halogens is 1. The van der Waals surface area contributed by atoms with Crippen molar-refractivity contribution >= 4 is 23.2 Å². The number of rotatable bonds is 6. The molecular formula is C19H17ClN4O. The molecule has 0 fully saturated rings. The van der Waals surface area contributed by atoms with Crippen LogP contribution in [0.2, 0.25) is 5.02 Å². The summed E-state index contributed by atoms with van der Waals surface area (Å²) in [6.07, 6.45) is 6.76. The molecule has 126 valence electrons. The van der Waals surface area contributed by atoms with Gasteiger partial charge >= 0.3 is 0 Å². The molecule has 1 amide bonds. The van der Waals surface area contributed by atoms with Gasteiger partial charge in [0.05, 0.1) is 11.3 Å². The van der Waals surface area contributed by atoms with Crippen LogP contribution in [0.1, 0.15) is 21.5 Å². The number of hydrogen-bond acceptors (Lipinski definition) is 4. The smallest absolute Gasteiger partial charge is 0.253 e. The molecule has 25 heavy (non-hydrogen) atoms. The first-order valence-corrected chi connectivity index (χ1v) is 8.19. The Balaban J connectivity index is 1.58. The van der Waals surface area contributed by atoms with Crippen molar-refractivity contribution < 1.29 is 4.79 Å². The van der Waals surface area contributed by atoms with Crippen LogP contribution in [0.3, 0.4) is 0 Å². The lowest BCUT2D eigenvalue weighted by Gasteiger charge is -2.09. The quantitative estimate of drug-likeness (QED) is 0.710. The van der Waals surface area contributed by atoms with E-state index in [4.69, 9.17) is 11.6 Å². The van der Waals surface area contributed by atoms with Gasteiger partial charge in [-0.05, 0) is 35.4 Å². The van der Waals surface area contributed by atoms with Gasteiger partial charge < -0.3 is 10.6 Å². The topological polar surface area (TPSA) is 66.9 Å². The molecule has 0 aliphatic carbocycles. The van der Waals surface area contributed by atoms with Crippen molar-refractivity contribution in [2.24, 2.45) is 0 Å². The minimum Gasteiger partial charge on any atom is -0.380 e. The normalized spacial score (nSPS) is 10.3.